The highest BCUT2D eigenvalue weighted by atomic mass is 16.6. The van der Waals surface area contributed by atoms with E-state index in [1.54, 1.807) is 41.5 Å². The third-order valence-electron chi connectivity index (χ3n) is 11.7. The van der Waals surface area contributed by atoms with Crippen molar-refractivity contribution in [3.63, 3.8) is 0 Å². The predicted octanol–water partition coefficient (Wildman–Crippen LogP) is 15.0. The molecular weight excluding hydrogens is 827 g/mol. The van der Waals surface area contributed by atoms with Crippen molar-refractivity contribution in [3.8, 4) is 0 Å². The number of hydrogen-bond donors (Lipinski definition) is 3. The molecule has 0 radical (unpaired) electrons. The SMILES string of the molecule is CCCCCCCC/C=C\CCCCCCCCC(CCCCCCC/C=C\CCCCCCCC)OC(=O)C(CCC(=O)OC(C)(C)C)NC(=O)C(N)CCCCNC(=O)OC(C)(C)C. The zero-order chi connectivity index (χ0) is 49.2. The monoisotopic (exact) mass is 932 g/mol. The zero-order valence-corrected chi connectivity index (χ0v) is 44.2. The average Bonchev–Trinajstić information content (AvgIpc) is 3.24. The third kappa shape index (κ3) is 43.7. The number of amides is 2. The van der Waals surface area contributed by atoms with Crippen LogP contribution in [0.1, 0.15) is 274 Å². The molecule has 10 heteroatoms. The van der Waals surface area contributed by atoms with E-state index in [1.807, 2.05) is 0 Å². The van der Waals surface area contributed by atoms with E-state index in [0.29, 0.717) is 25.8 Å². The second kappa shape index (κ2) is 42.2. The molecule has 10 nitrogen and oxygen atoms in total. The van der Waals surface area contributed by atoms with Crippen molar-refractivity contribution in [2.75, 3.05) is 6.54 Å². The Hall–Kier alpha value is -2.88. The summed E-state index contributed by atoms with van der Waals surface area (Å²) in [7, 11) is 0. The first-order valence-corrected chi connectivity index (χ1v) is 27.3. The van der Waals surface area contributed by atoms with Gasteiger partial charge < -0.3 is 30.6 Å². The maximum atomic E-state index is 13.9. The summed E-state index contributed by atoms with van der Waals surface area (Å²) >= 11 is 0. The van der Waals surface area contributed by atoms with Crippen molar-refractivity contribution in [1.82, 2.24) is 10.6 Å². The van der Waals surface area contributed by atoms with Gasteiger partial charge in [0, 0.05) is 13.0 Å². The van der Waals surface area contributed by atoms with E-state index < -0.39 is 47.2 Å². The summed E-state index contributed by atoms with van der Waals surface area (Å²) in [6.07, 6.45) is 45.1. The van der Waals surface area contributed by atoms with Crippen molar-refractivity contribution in [2.24, 2.45) is 5.73 Å². The largest absolute Gasteiger partial charge is 0.461 e. The second-order valence-electron chi connectivity index (χ2n) is 20.9. The number of unbranched alkanes of at least 4 members (excludes halogenated alkanes) is 24. The summed E-state index contributed by atoms with van der Waals surface area (Å²) < 4.78 is 17.0. The van der Waals surface area contributed by atoms with Gasteiger partial charge in [-0.25, -0.2) is 9.59 Å². The van der Waals surface area contributed by atoms with Gasteiger partial charge in [0.2, 0.25) is 5.91 Å². The van der Waals surface area contributed by atoms with Crippen LogP contribution in [-0.4, -0.2) is 59.9 Å². The molecule has 3 atom stereocenters. The van der Waals surface area contributed by atoms with Crippen LogP contribution >= 0.6 is 0 Å². The molecule has 0 rings (SSSR count). The number of nitrogens with two attached hydrogens (primary N) is 1. The quantitative estimate of drug-likeness (QED) is 0.0237. The van der Waals surface area contributed by atoms with Gasteiger partial charge in [0.25, 0.3) is 0 Å². The Bertz CT molecular complexity index is 1250. The Morgan fingerprint density at radius 1 is 0.500 bits per heavy atom. The Morgan fingerprint density at radius 3 is 1.32 bits per heavy atom. The van der Waals surface area contributed by atoms with Crippen LogP contribution in [0.2, 0.25) is 0 Å². The van der Waals surface area contributed by atoms with Crippen molar-refractivity contribution in [2.45, 2.75) is 303 Å². The van der Waals surface area contributed by atoms with Gasteiger partial charge in [0.05, 0.1) is 6.04 Å². The highest BCUT2D eigenvalue weighted by Gasteiger charge is 2.29. The van der Waals surface area contributed by atoms with E-state index in [2.05, 4.69) is 48.8 Å². The topological polar surface area (TPSA) is 146 Å². The number of carbonyl (C=O) groups excluding carboxylic acids is 4. The van der Waals surface area contributed by atoms with Crippen LogP contribution in [0.3, 0.4) is 0 Å². The highest BCUT2D eigenvalue weighted by Crippen LogP contribution is 2.20. The maximum absolute atomic E-state index is 13.9. The molecule has 0 aliphatic rings. The lowest BCUT2D eigenvalue weighted by Gasteiger charge is -2.25. The highest BCUT2D eigenvalue weighted by molar-refractivity contribution is 5.87. The van der Waals surface area contributed by atoms with E-state index in [1.165, 1.54) is 128 Å². The number of ether oxygens (including phenoxy) is 3. The minimum atomic E-state index is -1.03. The molecule has 386 valence electrons. The summed E-state index contributed by atoms with van der Waals surface area (Å²) in [5.74, 6) is -1.43. The van der Waals surface area contributed by atoms with E-state index in [9.17, 15) is 19.2 Å². The Labute approximate surface area is 406 Å². The molecule has 0 aromatic carbocycles. The summed E-state index contributed by atoms with van der Waals surface area (Å²) in [4.78, 5) is 52.0. The summed E-state index contributed by atoms with van der Waals surface area (Å²) in [5.41, 5.74) is 5.05. The molecule has 0 aliphatic heterocycles. The molecule has 4 N–H and O–H groups in total. The molecule has 0 saturated carbocycles. The Balaban J connectivity index is 5.25. The smallest absolute Gasteiger partial charge is 0.407 e. The summed E-state index contributed by atoms with van der Waals surface area (Å²) in [5, 5.41) is 5.55. The first kappa shape index (κ1) is 63.1. The van der Waals surface area contributed by atoms with Crippen LogP contribution in [0, 0.1) is 0 Å². The van der Waals surface area contributed by atoms with Crippen LogP contribution in [0.15, 0.2) is 24.3 Å². The fourth-order valence-electron chi connectivity index (χ4n) is 7.88. The van der Waals surface area contributed by atoms with Gasteiger partial charge in [-0.2, -0.15) is 0 Å². The normalized spacial score (nSPS) is 13.5. The number of alkyl carbamates (subject to hydrolysis) is 1. The molecule has 0 fully saturated rings. The molecule has 0 saturated heterocycles. The van der Waals surface area contributed by atoms with E-state index >= 15 is 0 Å². The lowest BCUT2D eigenvalue weighted by Crippen LogP contribution is -2.49. The van der Waals surface area contributed by atoms with Crippen LogP contribution in [-0.2, 0) is 28.6 Å². The van der Waals surface area contributed by atoms with E-state index in [4.69, 9.17) is 19.9 Å². The molecule has 0 bridgehead atoms. The molecule has 0 aromatic rings. The molecular formula is C56H105N3O7. The average molecular weight is 932 g/mol. The van der Waals surface area contributed by atoms with Gasteiger partial charge in [0.1, 0.15) is 23.3 Å². The number of rotatable bonds is 43. The third-order valence-corrected chi connectivity index (χ3v) is 11.7. The van der Waals surface area contributed by atoms with E-state index in [-0.39, 0.29) is 18.9 Å². The molecule has 2 amide bonds. The van der Waals surface area contributed by atoms with Gasteiger partial charge in [0.15, 0.2) is 0 Å². The number of nitrogens with one attached hydrogen (secondary N) is 2. The number of hydrogen-bond acceptors (Lipinski definition) is 8. The first-order valence-electron chi connectivity index (χ1n) is 27.3. The fourth-order valence-corrected chi connectivity index (χ4v) is 7.88. The predicted molar refractivity (Wildman–Crippen MR) is 276 cm³/mol. The zero-order valence-electron chi connectivity index (χ0n) is 44.2. The van der Waals surface area contributed by atoms with Crippen molar-refractivity contribution >= 4 is 23.9 Å². The molecule has 0 spiro atoms. The Kier molecular flexibility index (Phi) is 40.4. The number of carbonyl (C=O) groups is 4. The Morgan fingerprint density at radius 2 is 0.894 bits per heavy atom. The lowest BCUT2D eigenvalue weighted by molar-refractivity contribution is -0.157. The van der Waals surface area contributed by atoms with Gasteiger partial charge >= 0.3 is 18.0 Å². The van der Waals surface area contributed by atoms with Crippen molar-refractivity contribution < 1.29 is 33.4 Å². The molecule has 3 unspecified atom stereocenters. The van der Waals surface area contributed by atoms with E-state index in [0.717, 1.165) is 57.8 Å². The van der Waals surface area contributed by atoms with Crippen LogP contribution in [0.25, 0.3) is 0 Å². The molecule has 0 heterocycles. The second-order valence-corrected chi connectivity index (χ2v) is 20.9. The fraction of sp³-hybridized carbons (Fsp3) is 0.857. The molecule has 0 aromatic heterocycles. The lowest BCUT2D eigenvalue weighted by atomic mass is 10.0. The first-order chi connectivity index (χ1) is 31.6. The standard InChI is InChI=1S/C56H105N3O7/c1-9-11-13-15-17-19-21-23-25-27-29-31-33-35-37-39-43-48(42-38-36-34-32-30-28-26-24-22-20-18-16-14-12-10-2)64-53(62)50(45-46-51(60)65-55(3,4)5)59-52(61)49(57)44-40-41-47-58-54(63)66-56(6,7)8/h23-26,48-50H,9-22,27-47,57H2,1-8H3,(H,58,63)(H,59,61)/b25-23-,26-24-. The van der Waals surface area contributed by atoms with Gasteiger partial charge in [-0.1, -0.05) is 147 Å². The number of allylic oxidation sites excluding steroid dienone is 4. The van der Waals surface area contributed by atoms with Crippen molar-refractivity contribution in [1.29, 1.82) is 0 Å². The number of esters is 2. The minimum Gasteiger partial charge on any atom is -0.461 e. The summed E-state index contributed by atoms with van der Waals surface area (Å²) in [6.45, 7) is 15.7. The maximum Gasteiger partial charge on any atom is 0.407 e. The van der Waals surface area contributed by atoms with Crippen LogP contribution in [0.5, 0.6) is 0 Å². The van der Waals surface area contributed by atoms with Crippen LogP contribution in [0.4, 0.5) is 4.79 Å². The minimum absolute atomic E-state index is 0.0449. The van der Waals surface area contributed by atoms with Gasteiger partial charge in [-0.15, -0.1) is 0 Å². The summed E-state index contributed by atoms with van der Waals surface area (Å²) in [6, 6.07) is -1.89. The van der Waals surface area contributed by atoms with Gasteiger partial charge in [-0.05, 0) is 144 Å². The van der Waals surface area contributed by atoms with Crippen molar-refractivity contribution in [3.05, 3.63) is 24.3 Å². The molecule has 0 aliphatic carbocycles. The molecule has 66 heavy (non-hydrogen) atoms. The van der Waals surface area contributed by atoms with Gasteiger partial charge in [-0.3, -0.25) is 9.59 Å². The van der Waals surface area contributed by atoms with Crippen LogP contribution < -0.4 is 16.4 Å².